The minimum atomic E-state index is -4.67. The van der Waals surface area contributed by atoms with Gasteiger partial charge >= 0.3 is 6.18 Å². The smallest absolute Gasteiger partial charge is 0.307 e. The predicted molar refractivity (Wildman–Crippen MR) is 186 cm³/mol. The summed E-state index contributed by atoms with van der Waals surface area (Å²) in [5.74, 6) is 0. The molecule has 0 aliphatic carbocycles. The Balaban J connectivity index is 1.58. The Hall–Kier alpha value is -6.31. The van der Waals surface area contributed by atoms with Crippen molar-refractivity contribution in [1.82, 2.24) is 9.13 Å². The standard InChI is InChI=1S/C41H25F3N4/c1-24-10-8-16-35-39(24)30-12-4-6-14-33(30)47(35)37-20-27(23-45)32(26-18-28(41(42,43)44)21-29(19-26)46-3)22-38(37)48-34-15-7-5-13-31(34)40-25(2)11-9-17-36(40)48/h4-22H,1-2H3. The second-order valence-corrected chi connectivity index (χ2v) is 12.0. The van der Waals surface area contributed by atoms with Crippen LogP contribution in [0.2, 0.25) is 0 Å². The first-order chi connectivity index (χ1) is 23.2. The van der Waals surface area contributed by atoms with Crippen LogP contribution in [0.5, 0.6) is 0 Å². The number of para-hydroxylation sites is 2. The quantitative estimate of drug-likeness (QED) is 0.179. The van der Waals surface area contributed by atoms with Gasteiger partial charge in [0.2, 0.25) is 0 Å². The van der Waals surface area contributed by atoms with Gasteiger partial charge in [0, 0.05) is 32.7 Å². The minimum Gasteiger partial charge on any atom is -0.307 e. The van der Waals surface area contributed by atoms with E-state index in [4.69, 9.17) is 6.57 Å². The lowest BCUT2D eigenvalue weighted by molar-refractivity contribution is -0.137. The molecule has 2 aromatic heterocycles. The second kappa shape index (κ2) is 10.6. The summed E-state index contributed by atoms with van der Waals surface area (Å²) in [4.78, 5) is 3.34. The maximum atomic E-state index is 14.1. The first kappa shape index (κ1) is 29.1. The van der Waals surface area contributed by atoms with Gasteiger partial charge in [-0.2, -0.15) is 18.4 Å². The van der Waals surface area contributed by atoms with Crippen molar-refractivity contribution in [1.29, 1.82) is 5.26 Å². The highest BCUT2D eigenvalue weighted by Gasteiger charge is 2.32. The van der Waals surface area contributed by atoms with Crippen LogP contribution in [0.25, 0.3) is 71.0 Å². The Morgan fingerprint density at radius 1 is 0.646 bits per heavy atom. The summed E-state index contributed by atoms with van der Waals surface area (Å²) in [6, 6.07) is 37.5. The lowest BCUT2D eigenvalue weighted by atomic mass is 9.96. The maximum Gasteiger partial charge on any atom is 0.415 e. The van der Waals surface area contributed by atoms with Crippen LogP contribution in [0, 0.1) is 31.8 Å². The van der Waals surface area contributed by atoms with Crippen LogP contribution in [0.3, 0.4) is 0 Å². The summed E-state index contributed by atoms with van der Waals surface area (Å²) in [6.07, 6.45) is -4.67. The summed E-state index contributed by atoms with van der Waals surface area (Å²) in [7, 11) is 0. The van der Waals surface area contributed by atoms with Crippen LogP contribution in [0.15, 0.2) is 115 Å². The fourth-order valence-corrected chi connectivity index (χ4v) is 7.18. The molecule has 0 aliphatic heterocycles. The molecule has 0 saturated heterocycles. The number of nitrogens with zero attached hydrogens (tertiary/aromatic N) is 4. The number of nitriles is 1. The highest BCUT2D eigenvalue weighted by molar-refractivity contribution is 6.13. The van der Waals surface area contributed by atoms with Crippen LogP contribution < -0.4 is 0 Å². The fraction of sp³-hybridized carbons (Fsp3) is 0.0732. The van der Waals surface area contributed by atoms with Gasteiger partial charge in [-0.25, -0.2) is 4.85 Å². The summed E-state index contributed by atoms with van der Waals surface area (Å²) < 4.78 is 46.5. The van der Waals surface area contributed by atoms with Gasteiger partial charge in [-0.05, 0) is 85.1 Å². The van der Waals surface area contributed by atoms with Crippen molar-refractivity contribution in [3.63, 3.8) is 0 Å². The maximum absolute atomic E-state index is 14.1. The molecule has 0 N–H and O–H groups in total. The van der Waals surface area contributed by atoms with Crippen LogP contribution in [0.4, 0.5) is 18.9 Å². The monoisotopic (exact) mass is 630 g/mol. The molecule has 0 atom stereocenters. The van der Waals surface area contributed by atoms with E-state index in [-0.39, 0.29) is 16.8 Å². The third-order valence-corrected chi connectivity index (χ3v) is 9.21. The van der Waals surface area contributed by atoms with E-state index in [9.17, 15) is 18.4 Å². The van der Waals surface area contributed by atoms with E-state index in [2.05, 4.69) is 64.2 Å². The average Bonchev–Trinajstić information content (AvgIpc) is 3.61. The molecule has 0 spiro atoms. The van der Waals surface area contributed by atoms with Gasteiger partial charge in [0.1, 0.15) is 0 Å². The Morgan fingerprint density at radius 2 is 1.17 bits per heavy atom. The average molecular weight is 631 g/mol. The zero-order valence-corrected chi connectivity index (χ0v) is 25.9. The number of aromatic nitrogens is 2. The Morgan fingerprint density at radius 3 is 1.69 bits per heavy atom. The van der Waals surface area contributed by atoms with Crippen molar-refractivity contribution in [3.8, 4) is 28.6 Å². The van der Waals surface area contributed by atoms with E-state index in [0.29, 0.717) is 16.9 Å². The van der Waals surface area contributed by atoms with Crippen molar-refractivity contribution in [3.05, 3.63) is 149 Å². The Bertz CT molecular complexity index is 2710. The zero-order chi connectivity index (χ0) is 33.3. The summed E-state index contributed by atoms with van der Waals surface area (Å²) in [5.41, 5.74) is 6.86. The number of halogens is 3. The normalized spacial score (nSPS) is 11.8. The summed E-state index contributed by atoms with van der Waals surface area (Å²) >= 11 is 0. The molecule has 0 aliphatic rings. The second-order valence-electron chi connectivity index (χ2n) is 12.0. The Kier molecular flexibility index (Phi) is 6.44. The van der Waals surface area contributed by atoms with Gasteiger partial charge in [-0.1, -0.05) is 60.7 Å². The van der Waals surface area contributed by atoms with Crippen LogP contribution in [-0.2, 0) is 6.18 Å². The molecule has 6 aromatic carbocycles. The van der Waals surface area contributed by atoms with Crippen molar-refractivity contribution < 1.29 is 13.2 Å². The lowest BCUT2D eigenvalue weighted by Crippen LogP contribution is -2.07. The number of fused-ring (bicyclic) bond motifs is 6. The summed E-state index contributed by atoms with van der Waals surface area (Å²) in [5, 5.41) is 14.8. The highest BCUT2D eigenvalue weighted by Crippen LogP contribution is 2.43. The lowest BCUT2D eigenvalue weighted by Gasteiger charge is -2.20. The SMILES string of the molecule is [C-]#[N+]c1cc(-c2cc(-n3c4ccccc4c4c(C)cccc43)c(-n3c4ccccc4c4c(C)cccc43)cc2C#N)cc(C(F)(F)F)c1. The van der Waals surface area contributed by atoms with Gasteiger partial charge in [-0.15, -0.1) is 0 Å². The van der Waals surface area contributed by atoms with Crippen molar-refractivity contribution in [2.75, 3.05) is 0 Å². The molecule has 8 rings (SSSR count). The minimum absolute atomic E-state index is 0.148. The first-order valence-corrected chi connectivity index (χ1v) is 15.4. The molecule has 2 heterocycles. The van der Waals surface area contributed by atoms with Crippen LogP contribution in [0.1, 0.15) is 22.3 Å². The fourth-order valence-electron chi connectivity index (χ4n) is 7.18. The largest absolute Gasteiger partial charge is 0.415 e. The molecule has 0 bridgehead atoms. The Labute approximate surface area is 273 Å². The molecule has 8 aromatic rings. The van der Waals surface area contributed by atoms with Crippen molar-refractivity contribution in [2.45, 2.75) is 20.0 Å². The topological polar surface area (TPSA) is 38.0 Å². The van der Waals surface area contributed by atoms with Gasteiger partial charge in [0.15, 0.2) is 5.69 Å². The first-order valence-electron chi connectivity index (χ1n) is 15.4. The molecular formula is C41H25F3N4. The molecule has 0 radical (unpaired) electrons. The zero-order valence-electron chi connectivity index (χ0n) is 25.9. The van der Waals surface area contributed by atoms with E-state index in [1.807, 2.05) is 60.7 Å². The molecule has 0 saturated carbocycles. The third kappa shape index (κ3) is 4.29. The molecule has 4 nitrogen and oxygen atoms in total. The third-order valence-electron chi connectivity index (χ3n) is 9.21. The molecule has 0 fully saturated rings. The van der Waals surface area contributed by atoms with E-state index < -0.39 is 11.7 Å². The number of alkyl halides is 3. The van der Waals surface area contributed by atoms with Crippen LogP contribution >= 0.6 is 0 Å². The van der Waals surface area contributed by atoms with Gasteiger partial charge in [0.05, 0.1) is 51.6 Å². The van der Waals surface area contributed by atoms with E-state index in [0.717, 1.165) is 66.9 Å². The van der Waals surface area contributed by atoms with Gasteiger partial charge < -0.3 is 9.13 Å². The number of hydrogen-bond donors (Lipinski definition) is 0. The van der Waals surface area contributed by atoms with Crippen molar-refractivity contribution >= 4 is 49.3 Å². The number of hydrogen-bond acceptors (Lipinski definition) is 1. The number of rotatable bonds is 3. The summed E-state index contributed by atoms with van der Waals surface area (Å²) in [6.45, 7) is 11.7. The van der Waals surface area contributed by atoms with E-state index in [1.54, 1.807) is 6.07 Å². The molecule has 0 amide bonds. The molecule has 7 heteroatoms. The number of benzene rings is 6. The molecule has 0 unspecified atom stereocenters. The molecule has 230 valence electrons. The molecular weight excluding hydrogens is 605 g/mol. The van der Waals surface area contributed by atoms with Gasteiger partial charge in [-0.3, -0.25) is 0 Å². The molecule has 48 heavy (non-hydrogen) atoms. The number of aryl methyl sites for hydroxylation is 2. The van der Waals surface area contributed by atoms with E-state index >= 15 is 0 Å². The van der Waals surface area contributed by atoms with E-state index in [1.165, 1.54) is 6.07 Å². The van der Waals surface area contributed by atoms with Gasteiger partial charge in [0.25, 0.3) is 0 Å². The predicted octanol–water partition coefficient (Wildman–Crippen LogP) is 11.6. The highest BCUT2D eigenvalue weighted by atomic mass is 19.4. The van der Waals surface area contributed by atoms with Crippen molar-refractivity contribution in [2.24, 2.45) is 0 Å². The van der Waals surface area contributed by atoms with Crippen LogP contribution in [-0.4, -0.2) is 9.13 Å².